The monoisotopic (exact) mass is 390 g/mol. The minimum Gasteiger partial charge on any atom is -0.507 e. The fraction of sp³-hybridized carbons (Fsp3) is 0.682. The minimum absolute atomic E-state index is 0.0187. The van der Waals surface area contributed by atoms with Crippen LogP contribution >= 0.6 is 0 Å². The molecule has 6 nitrogen and oxygen atoms in total. The number of Topliss-reactive ketones (excluding diaryl/α,β-unsaturated/α-hetero) is 2. The Balaban J connectivity index is 2.36. The van der Waals surface area contributed by atoms with E-state index in [1.165, 1.54) is 6.92 Å². The van der Waals surface area contributed by atoms with Gasteiger partial charge in [0.25, 0.3) is 0 Å². The van der Waals surface area contributed by atoms with Crippen LogP contribution in [0.25, 0.3) is 0 Å². The number of carbonyl (C=O) groups is 3. The van der Waals surface area contributed by atoms with Gasteiger partial charge >= 0.3 is 5.97 Å². The molecule has 0 aromatic heterocycles. The Hall–Kier alpha value is -1.95. The molecule has 0 saturated heterocycles. The van der Waals surface area contributed by atoms with E-state index in [0.29, 0.717) is 6.42 Å². The number of hydrogen-bond donors (Lipinski definition) is 2. The fourth-order valence-electron chi connectivity index (χ4n) is 5.97. The number of allylic oxidation sites excluding steroid dienone is 2. The van der Waals surface area contributed by atoms with E-state index in [4.69, 9.17) is 4.74 Å². The zero-order valence-corrected chi connectivity index (χ0v) is 17.5. The van der Waals surface area contributed by atoms with Crippen LogP contribution in [0.5, 0.6) is 0 Å². The third-order valence-electron chi connectivity index (χ3n) is 6.88. The van der Waals surface area contributed by atoms with E-state index >= 15 is 0 Å². The third-order valence-corrected chi connectivity index (χ3v) is 6.88. The molecule has 0 spiro atoms. The predicted octanol–water partition coefficient (Wildman–Crippen LogP) is 3.04. The van der Waals surface area contributed by atoms with Gasteiger partial charge in [-0.1, -0.05) is 41.0 Å². The first-order valence-corrected chi connectivity index (χ1v) is 9.97. The van der Waals surface area contributed by atoms with Gasteiger partial charge in [0.05, 0.1) is 6.10 Å². The Morgan fingerprint density at radius 2 is 1.75 bits per heavy atom. The number of fused-ring (bicyclic) bond motifs is 2. The molecule has 0 unspecified atom stereocenters. The van der Waals surface area contributed by atoms with Gasteiger partial charge in [-0.05, 0) is 24.2 Å². The molecule has 0 bridgehead atoms. The Bertz CT molecular complexity index is 815. The zero-order valence-electron chi connectivity index (χ0n) is 17.5. The molecule has 0 aromatic rings. The molecule has 0 aliphatic heterocycles. The highest BCUT2D eigenvalue weighted by atomic mass is 16.6. The van der Waals surface area contributed by atoms with Gasteiger partial charge in [0.2, 0.25) is 11.6 Å². The van der Waals surface area contributed by atoms with Crippen LogP contribution in [-0.2, 0) is 19.1 Å². The number of esters is 1. The topological polar surface area (TPSA) is 101 Å². The minimum atomic E-state index is -1.17. The molecule has 2 N–H and O–H groups in total. The van der Waals surface area contributed by atoms with Crippen LogP contribution in [0.15, 0.2) is 22.5 Å². The first-order chi connectivity index (χ1) is 12.8. The largest absolute Gasteiger partial charge is 0.507 e. The first kappa shape index (κ1) is 20.8. The highest BCUT2D eigenvalue weighted by Gasteiger charge is 2.62. The smallest absolute Gasteiger partial charge is 0.303 e. The van der Waals surface area contributed by atoms with E-state index in [0.717, 1.165) is 12.8 Å². The summed E-state index contributed by atoms with van der Waals surface area (Å²) in [7, 11) is 0. The lowest BCUT2D eigenvalue weighted by Gasteiger charge is -2.58. The van der Waals surface area contributed by atoms with Crippen molar-refractivity contribution in [3.63, 3.8) is 0 Å². The van der Waals surface area contributed by atoms with Crippen LogP contribution < -0.4 is 0 Å². The average molecular weight is 390 g/mol. The van der Waals surface area contributed by atoms with Crippen molar-refractivity contribution in [1.82, 2.24) is 0 Å². The molecule has 3 aliphatic rings. The Morgan fingerprint density at radius 3 is 2.29 bits per heavy atom. The Morgan fingerprint density at radius 1 is 1.14 bits per heavy atom. The summed E-state index contributed by atoms with van der Waals surface area (Å²) < 4.78 is 5.44. The second kappa shape index (κ2) is 6.55. The summed E-state index contributed by atoms with van der Waals surface area (Å²) in [6.45, 7) is 10.6. The van der Waals surface area contributed by atoms with Crippen LogP contribution in [0.2, 0.25) is 0 Å². The number of hydrogen-bond acceptors (Lipinski definition) is 6. The summed E-state index contributed by atoms with van der Waals surface area (Å²) in [5.74, 6) is -3.05. The van der Waals surface area contributed by atoms with Crippen molar-refractivity contribution < 1.29 is 29.3 Å². The van der Waals surface area contributed by atoms with Crippen molar-refractivity contribution in [3.05, 3.63) is 22.5 Å². The molecule has 0 amide bonds. The fourth-order valence-corrected chi connectivity index (χ4v) is 5.97. The average Bonchev–Trinajstić information content (AvgIpc) is 2.53. The summed E-state index contributed by atoms with van der Waals surface area (Å²) >= 11 is 0. The zero-order chi connectivity index (χ0) is 21.2. The van der Waals surface area contributed by atoms with Crippen molar-refractivity contribution in [3.8, 4) is 0 Å². The number of carbonyl (C=O) groups excluding carboxylic acids is 3. The van der Waals surface area contributed by atoms with Crippen LogP contribution in [0.1, 0.15) is 60.8 Å². The highest BCUT2D eigenvalue weighted by Crippen LogP contribution is 2.61. The van der Waals surface area contributed by atoms with Gasteiger partial charge in [-0.15, -0.1) is 0 Å². The lowest BCUT2D eigenvalue weighted by Crippen LogP contribution is -2.60. The standard InChI is InChI=1S/C22H30O6/c1-10(2)12-15(24)13-14(17(26)16(12)25)22(6)9-7-8-21(4,5)20(22)18(27)19(13)28-11(3)23/h10,18-20,24,27H,7-9H2,1-6H3/t18-,19+,20+,22-/m1/s1. The Labute approximate surface area is 165 Å². The maximum absolute atomic E-state index is 13.3. The van der Waals surface area contributed by atoms with E-state index in [-0.39, 0.29) is 39.7 Å². The van der Waals surface area contributed by atoms with Crippen molar-refractivity contribution in [2.24, 2.45) is 22.7 Å². The molecule has 0 heterocycles. The van der Waals surface area contributed by atoms with Crippen molar-refractivity contribution >= 4 is 17.5 Å². The van der Waals surface area contributed by atoms with Gasteiger partial charge in [0.1, 0.15) is 5.76 Å². The van der Waals surface area contributed by atoms with Gasteiger partial charge in [0, 0.05) is 35.0 Å². The second-order valence-corrected chi connectivity index (χ2v) is 9.62. The first-order valence-electron chi connectivity index (χ1n) is 9.97. The summed E-state index contributed by atoms with van der Waals surface area (Å²) in [5, 5.41) is 22.3. The maximum Gasteiger partial charge on any atom is 0.303 e. The van der Waals surface area contributed by atoms with E-state index in [1.54, 1.807) is 13.8 Å². The van der Waals surface area contributed by atoms with E-state index in [9.17, 15) is 24.6 Å². The molecule has 4 atom stereocenters. The molecular weight excluding hydrogens is 360 g/mol. The molecule has 28 heavy (non-hydrogen) atoms. The lowest BCUT2D eigenvalue weighted by atomic mass is 9.47. The lowest BCUT2D eigenvalue weighted by molar-refractivity contribution is -0.166. The summed E-state index contributed by atoms with van der Waals surface area (Å²) in [5.41, 5.74) is -0.757. The molecule has 1 fully saturated rings. The van der Waals surface area contributed by atoms with Crippen molar-refractivity contribution in [2.75, 3.05) is 0 Å². The number of ether oxygens (including phenoxy) is 1. The van der Waals surface area contributed by atoms with Crippen LogP contribution in [0, 0.1) is 22.7 Å². The molecule has 1 saturated carbocycles. The van der Waals surface area contributed by atoms with Crippen molar-refractivity contribution in [2.45, 2.75) is 73.0 Å². The predicted molar refractivity (Wildman–Crippen MR) is 102 cm³/mol. The molecular formula is C22H30O6. The van der Waals surface area contributed by atoms with Gasteiger partial charge < -0.3 is 14.9 Å². The molecule has 0 radical (unpaired) electrons. The molecule has 0 aromatic carbocycles. The SMILES string of the molecule is CC(=O)O[C@H]1C2=C(C(=O)C(=O)C(C(C)C)=C2O)[C@@]2(C)CCCC(C)(C)[C@@H]2[C@@H]1O. The molecule has 6 heteroatoms. The quantitative estimate of drug-likeness (QED) is 0.427. The Kier molecular flexibility index (Phi) is 4.86. The molecule has 154 valence electrons. The van der Waals surface area contributed by atoms with Gasteiger partial charge in [-0.25, -0.2) is 0 Å². The van der Waals surface area contributed by atoms with Gasteiger partial charge in [0.15, 0.2) is 6.10 Å². The molecule has 3 aliphatic carbocycles. The highest BCUT2D eigenvalue weighted by molar-refractivity contribution is 6.50. The maximum atomic E-state index is 13.3. The van der Waals surface area contributed by atoms with Crippen LogP contribution in [0.3, 0.4) is 0 Å². The normalized spacial score (nSPS) is 35.1. The van der Waals surface area contributed by atoms with Gasteiger partial charge in [-0.3, -0.25) is 14.4 Å². The van der Waals surface area contributed by atoms with E-state index in [1.807, 2.05) is 20.8 Å². The van der Waals surface area contributed by atoms with E-state index < -0.39 is 35.2 Å². The summed E-state index contributed by atoms with van der Waals surface area (Å²) in [4.78, 5) is 37.9. The summed E-state index contributed by atoms with van der Waals surface area (Å²) in [6.07, 6.45) is 0.0481. The number of aliphatic hydroxyl groups excluding tert-OH is 2. The summed E-state index contributed by atoms with van der Waals surface area (Å²) in [6, 6.07) is 0. The van der Waals surface area contributed by atoms with E-state index in [2.05, 4.69) is 0 Å². The number of ketones is 2. The number of aliphatic hydroxyl groups is 2. The van der Waals surface area contributed by atoms with Gasteiger partial charge in [-0.2, -0.15) is 0 Å². The number of rotatable bonds is 2. The van der Waals surface area contributed by atoms with Crippen LogP contribution in [-0.4, -0.2) is 40.0 Å². The van der Waals surface area contributed by atoms with Crippen molar-refractivity contribution in [1.29, 1.82) is 0 Å². The molecule has 3 rings (SSSR count). The van der Waals surface area contributed by atoms with Crippen LogP contribution in [0.4, 0.5) is 0 Å². The second-order valence-electron chi connectivity index (χ2n) is 9.62. The third kappa shape index (κ3) is 2.76.